The predicted octanol–water partition coefficient (Wildman–Crippen LogP) is 3.67. The highest BCUT2D eigenvalue weighted by Crippen LogP contribution is 2.20. The molecule has 0 atom stereocenters. The second-order valence-electron chi connectivity index (χ2n) is 4.76. The molecule has 23 heavy (non-hydrogen) atoms. The summed E-state index contributed by atoms with van der Waals surface area (Å²) in [4.78, 5) is 23.4. The van der Waals surface area contributed by atoms with Gasteiger partial charge in [0, 0.05) is 17.8 Å². The summed E-state index contributed by atoms with van der Waals surface area (Å²) in [5.41, 5.74) is 2.29. The van der Waals surface area contributed by atoms with E-state index in [9.17, 15) is 4.79 Å². The lowest BCUT2D eigenvalue weighted by Gasteiger charge is -2.04. The van der Waals surface area contributed by atoms with Gasteiger partial charge in [0.1, 0.15) is 0 Å². The van der Waals surface area contributed by atoms with Gasteiger partial charge in [0.15, 0.2) is 10.8 Å². The van der Waals surface area contributed by atoms with Crippen LogP contribution >= 0.6 is 35.0 Å². The van der Waals surface area contributed by atoms with Crippen LogP contribution in [0, 0.1) is 0 Å². The van der Waals surface area contributed by atoms with Gasteiger partial charge in [0.05, 0.1) is 16.3 Å². The van der Waals surface area contributed by atoms with Gasteiger partial charge in [-0.05, 0) is 23.8 Å². The van der Waals surface area contributed by atoms with Crippen LogP contribution in [0.2, 0.25) is 10.0 Å². The van der Waals surface area contributed by atoms with Crippen molar-refractivity contribution < 1.29 is 4.79 Å². The van der Waals surface area contributed by atoms with Gasteiger partial charge in [-0.25, -0.2) is 9.97 Å². The van der Waals surface area contributed by atoms with Crippen molar-refractivity contribution in [3.05, 3.63) is 52.1 Å². The summed E-state index contributed by atoms with van der Waals surface area (Å²) in [6.45, 7) is 0.442. The number of carbonyl (C=O) groups excluding carboxylic acids is 1. The van der Waals surface area contributed by atoms with Gasteiger partial charge in [-0.3, -0.25) is 4.79 Å². The molecule has 3 aromatic rings. The normalized spacial score (nSPS) is 10.9. The summed E-state index contributed by atoms with van der Waals surface area (Å²) in [5, 5.41) is 4.67. The van der Waals surface area contributed by atoms with Crippen molar-refractivity contribution in [1.82, 2.24) is 20.3 Å². The molecule has 0 radical (unpaired) electrons. The van der Waals surface area contributed by atoms with Crippen LogP contribution in [0.3, 0.4) is 0 Å². The van der Waals surface area contributed by atoms with Crippen LogP contribution in [-0.4, -0.2) is 26.6 Å². The first-order chi connectivity index (χ1) is 11.1. The number of fused-ring (bicyclic) bond motifs is 1. The number of nitrogens with zero attached hydrogens (tertiary/aromatic N) is 2. The lowest BCUT2D eigenvalue weighted by Crippen LogP contribution is -2.24. The van der Waals surface area contributed by atoms with Gasteiger partial charge in [-0.15, -0.1) is 0 Å². The molecule has 0 fully saturated rings. The molecular formula is C15H12Cl2N4OS. The Bertz CT molecular complexity index is 852. The molecule has 8 heteroatoms. The third-order valence-electron chi connectivity index (χ3n) is 3.00. The Hall–Kier alpha value is -1.76. The molecular weight excluding hydrogens is 355 g/mol. The SMILES string of the molecule is O=C(CSc1nc2ncc(Cl)cc2[nH]1)NCc1cccc(Cl)c1. The Kier molecular flexibility index (Phi) is 5.05. The van der Waals surface area contributed by atoms with E-state index in [2.05, 4.69) is 20.3 Å². The summed E-state index contributed by atoms with van der Waals surface area (Å²) in [5.74, 6) is 0.176. The monoisotopic (exact) mass is 366 g/mol. The number of hydrogen-bond acceptors (Lipinski definition) is 4. The van der Waals surface area contributed by atoms with Crippen molar-refractivity contribution in [3.8, 4) is 0 Å². The zero-order chi connectivity index (χ0) is 16.2. The van der Waals surface area contributed by atoms with E-state index in [0.29, 0.717) is 27.4 Å². The molecule has 2 heterocycles. The zero-order valence-electron chi connectivity index (χ0n) is 11.8. The molecule has 0 aliphatic rings. The molecule has 118 valence electrons. The van der Waals surface area contributed by atoms with E-state index in [0.717, 1.165) is 11.1 Å². The molecule has 0 aliphatic heterocycles. The molecule has 0 saturated heterocycles. The first-order valence-corrected chi connectivity index (χ1v) is 8.49. The summed E-state index contributed by atoms with van der Waals surface area (Å²) < 4.78 is 0. The molecule has 0 aliphatic carbocycles. The van der Waals surface area contributed by atoms with E-state index in [1.807, 2.05) is 18.2 Å². The number of imidazole rings is 1. The van der Waals surface area contributed by atoms with E-state index in [1.165, 1.54) is 18.0 Å². The number of rotatable bonds is 5. The first kappa shape index (κ1) is 16.1. The van der Waals surface area contributed by atoms with Gasteiger partial charge in [-0.2, -0.15) is 0 Å². The van der Waals surface area contributed by atoms with Gasteiger partial charge < -0.3 is 10.3 Å². The third kappa shape index (κ3) is 4.37. The summed E-state index contributed by atoms with van der Waals surface area (Å²) >= 11 is 13.1. The Balaban J connectivity index is 1.53. The van der Waals surface area contributed by atoms with Crippen LogP contribution in [0.4, 0.5) is 0 Å². The van der Waals surface area contributed by atoms with Crippen LogP contribution in [0.5, 0.6) is 0 Å². The number of thioether (sulfide) groups is 1. The fraction of sp³-hybridized carbons (Fsp3) is 0.133. The Labute approximate surface area is 146 Å². The van der Waals surface area contributed by atoms with E-state index >= 15 is 0 Å². The lowest BCUT2D eigenvalue weighted by atomic mass is 10.2. The van der Waals surface area contributed by atoms with Crippen LogP contribution < -0.4 is 5.32 Å². The van der Waals surface area contributed by atoms with E-state index in [4.69, 9.17) is 23.2 Å². The van der Waals surface area contributed by atoms with Gasteiger partial charge in [-0.1, -0.05) is 47.1 Å². The zero-order valence-corrected chi connectivity index (χ0v) is 14.2. The number of hydrogen-bond donors (Lipinski definition) is 2. The predicted molar refractivity (Wildman–Crippen MR) is 92.9 cm³/mol. The van der Waals surface area contributed by atoms with Crippen molar-refractivity contribution >= 4 is 52.0 Å². The smallest absolute Gasteiger partial charge is 0.230 e. The van der Waals surface area contributed by atoms with Crippen molar-refractivity contribution in [3.63, 3.8) is 0 Å². The van der Waals surface area contributed by atoms with Crippen molar-refractivity contribution in [2.24, 2.45) is 0 Å². The molecule has 0 unspecified atom stereocenters. The minimum atomic E-state index is -0.0820. The Morgan fingerprint density at radius 3 is 2.96 bits per heavy atom. The van der Waals surface area contributed by atoms with Crippen LogP contribution in [0.1, 0.15) is 5.56 Å². The second kappa shape index (κ2) is 7.21. The molecule has 5 nitrogen and oxygen atoms in total. The van der Waals surface area contributed by atoms with E-state index < -0.39 is 0 Å². The van der Waals surface area contributed by atoms with Crippen LogP contribution in [-0.2, 0) is 11.3 Å². The average Bonchev–Trinajstić information content (AvgIpc) is 2.93. The molecule has 3 rings (SSSR count). The van der Waals surface area contributed by atoms with Gasteiger partial charge in [0.25, 0.3) is 0 Å². The van der Waals surface area contributed by atoms with Crippen molar-refractivity contribution in [2.75, 3.05) is 5.75 Å². The molecule has 1 aromatic carbocycles. The van der Waals surface area contributed by atoms with Crippen molar-refractivity contribution in [1.29, 1.82) is 0 Å². The highest BCUT2D eigenvalue weighted by Gasteiger charge is 2.08. The lowest BCUT2D eigenvalue weighted by molar-refractivity contribution is -0.118. The number of halogens is 2. The molecule has 2 aromatic heterocycles. The average molecular weight is 367 g/mol. The number of nitrogens with one attached hydrogen (secondary N) is 2. The van der Waals surface area contributed by atoms with Gasteiger partial charge in [0.2, 0.25) is 5.91 Å². The summed E-state index contributed by atoms with van der Waals surface area (Å²) in [6, 6.07) is 9.13. The topological polar surface area (TPSA) is 70.7 Å². The minimum absolute atomic E-state index is 0.0820. The maximum Gasteiger partial charge on any atom is 0.230 e. The minimum Gasteiger partial charge on any atom is -0.351 e. The third-order valence-corrected chi connectivity index (χ3v) is 4.32. The summed E-state index contributed by atoms with van der Waals surface area (Å²) in [6.07, 6.45) is 1.54. The number of pyridine rings is 1. The Morgan fingerprint density at radius 2 is 2.13 bits per heavy atom. The molecule has 1 amide bonds. The first-order valence-electron chi connectivity index (χ1n) is 6.75. The molecule has 0 bridgehead atoms. The fourth-order valence-corrected chi connectivity index (χ4v) is 3.03. The summed E-state index contributed by atoms with van der Waals surface area (Å²) in [7, 11) is 0. The quantitative estimate of drug-likeness (QED) is 0.675. The highest BCUT2D eigenvalue weighted by atomic mass is 35.5. The van der Waals surface area contributed by atoms with Gasteiger partial charge >= 0.3 is 0 Å². The highest BCUT2D eigenvalue weighted by molar-refractivity contribution is 7.99. The number of aromatic nitrogens is 3. The number of carbonyl (C=O) groups is 1. The largest absolute Gasteiger partial charge is 0.351 e. The fourth-order valence-electron chi connectivity index (χ4n) is 1.95. The van der Waals surface area contributed by atoms with Crippen LogP contribution in [0.15, 0.2) is 41.7 Å². The number of H-pyrrole nitrogens is 1. The molecule has 0 spiro atoms. The van der Waals surface area contributed by atoms with Crippen molar-refractivity contribution in [2.45, 2.75) is 11.7 Å². The maximum absolute atomic E-state index is 11.9. The molecule has 2 N–H and O–H groups in total. The Morgan fingerprint density at radius 1 is 1.26 bits per heavy atom. The second-order valence-corrected chi connectivity index (χ2v) is 6.60. The number of aromatic amines is 1. The van der Waals surface area contributed by atoms with E-state index in [1.54, 1.807) is 12.1 Å². The van der Waals surface area contributed by atoms with Crippen LogP contribution in [0.25, 0.3) is 11.2 Å². The molecule has 0 saturated carbocycles. The number of amides is 1. The van der Waals surface area contributed by atoms with E-state index in [-0.39, 0.29) is 11.7 Å². The maximum atomic E-state index is 11.9. The standard InChI is InChI=1S/C15H12Cl2N4OS/c16-10-3-1-2-9(4-10)6-18-13(22)8-23-15-20-12-5-11(17)7-19-14(12)21-15/h1-5,7H,6,8H2,(H,18,22)(H,19,20,21). The number of benzene rings is 1.